The Morgan fingerprint density at radius 2 is 2.00 bits per heavy atom. The van der Waals surface area contributed by atoms with Gasteiger partial charge in [0.2, 0.25) is 0 Å². The highest BCUT2D eigenvalue weighted by Crippen LogP contribution is 1.92. The molecule has 0 unspecified atom stereocenters. The fourth-order valence-electron chi connectivity index (χ4n) is 0.520. The molecule has 0 N–H and O–H groups in total. The van der Waals surface area contributed by atoms with Gasteiger partial charge in [-0.15, -0.1) is 0 Å². The second kappa shape index (κ2) is 8.31. The molecule has 0 aromatic heterocycles. The first kappa shape index (κ1) is 9.31. The van der Waals surface area contributed by atoms with E-state index in [9.17, 15) is 0 Å². The third-order valence-electron chi connectivity index (χ3n) is 0.985. The Kier molecular flexibility index (Phi) is 8.60. The van der Waals surface area contributed by atoms with Crippen LogP contribution in [0.2, 0.25) is 0 Å². The normalized spacial score (nSPS) is 10.0. The van der Waals surface area contributed by atoms with Gasteiger partial charge in [-0.2, -0.15) is 12.6 Å². The summed E-state index contributed by atoms with van der Waals surface area (Å²) in [4.78, 5) is 0. The molecule has 0 atom stereocenters. The van der Waals surface area contributed by atoms with Crippen molar-refractivity contribution in [1.82, 2.24) is 0 Å². The van der Waals surface area contributed by atoms with E-state index in [1.165, 1.54) is 0 Å². The zero-order valence-corrected chi connectivity index (χ0v) is 6.70. The van der Waals surface area contributed by atoms with E-state index >= 15 is 0 Å². The summed E-state index contributed by atoms with van der Waals surface area (Å²) in [6.07, 6.45) is 3.16. The Balaban J connectivity index is 2.60. The monoisotopic (exact) mass is 147 g/mol. The summed E-state index contributed by atoms with van der Waals surface area (Å²) in [5.74, 6) is 0.966. The van der Waals surface area contributed by atoms with Crippen molar-refractivity contribution < 1.29 is 4.74 Å². The van der Waals surface area contributed by atoms with Gasteiger partial charge in [0.25, 0.3) is 0 Å². The van der Waals surface area contributed by atoms with Crippen LogP contribution in [0, 0.1) is 6.92 Å². The molecule has 0 bridgehead atoms. The Morgan fingerprint density at radius 1 is 1.22 bits per heavy atom. The van der Waals surface area contributed by atoms with Gasteiger partial charge in [-0.25, -0.2) is 0 Å². The predicted molar refractivity (Wildman–Crippen MR) is 43.9 cm³/mol. The summed E-state index contributed by atoms with van der Waals surface area (Å²) in [6, 6.07) is 0. The lowest BCUT2D eigenvalue weighted by atomic mass is 10.4. The molecule has 0 saturated heterocycles. The van der Waals surface area contributed by atoms with Gasteiger partial charge in [0, 0.05) is 13.2 Å². The first-order valence-electron chi connectivity index (χ1n) is 3.39. The van der Waals surface area contributed by atoms with Crippen molar-refractivity contribution in [1.29, 1.82) is 0 Å². The van der Waals surface area contributed by atoms with E-state index in [1.807, 2.05) is 0 Å². The Bertz CT molecular complexity index is 42.2. The lowest BCUT2D eigenvalue weighted by Gasteiger charge is -1.99. The third kappa shape index (κ3) is 8.31. The van der Waals surface area contributed by atoms with Crippen molar-refractivity contribution in [3.8, 4) is 0 Å². The summed E-state index contributed by atoms with van der Waals surface area (Å²) in [5.41, 5.74) is 0. The molecule has 0 amide bonds. The summed E-state index contributed by atoms with van der Waals surface area (Å²) in [7, 11) is 0. The molecule has 0 aliphatic carbocycles. The summed E-state index contributed by atoms with van der Waals surface area (Å²) in [6.45, 7) is 5.33. The lowest BCUT2D eigenvalue weighted by Crippen LogP contribution is -1.95. The number of rotatable bonds is 6. The van der Waals surface area contributed by atoms with Gasteiger partial charge in [0.15, 0.2) is 0 Å². The maximum atomic E-state index is 5.19. The van der Waals surface area contributed by atoms with E-state index in [2.05, 4.69) is 19.6 Å². The van der Waals surface area contributed by atoms with Gasteiger partial charge in [-0.05, 0) is 25.0 Å². The second-order valence-electron chi connectivity index (χ2n) is 1.90. The smallest absolute Gasteiger partial charge is 0.0466 e. The van der Waals surface area contributed by atoms with Crippen molar-refractivity contribution >= 4 is 12.6 Å². The predicted octanol–water partition coefficient (Wildman–Crippen LogP) is 1.94. The molecule has 0 aliphatic heterocycles. The van der Waals surface area contributed by atoms with Crippen LogP contribution in [0.1, 0.15) is 19.3 Å². The molecule has 0 saturated carbocycles. The standard InChI is InChI=1S/C7H15OS/c1-2-5-8-6-3-4-7-9/h9H,1-7H2. The number of unbranched alkanes of at least 4 members (excludes halogenated alkanes) is 1. The minimum absolute atomic E-state index is 0.798. The van der Waals surface area contributed by atoms with E-state index < -0.39 is 0 Å². The molecule has 1 radical (unpaired) electrons. The van der Waals surface area contributed by atoms with E-state index in [0.717, 1.165) is 38.2 Å². The molecule has 9 heavy (non-hydrogen) atoms. The van der Waals surface area contributed by atoms with Gasteiger partial charge >= 0.3 is 0 Å². The van der Waals surface area contributed by atoms with Crippen molar-refractivity contribution in [3.05, 3.63) is 6.92 Å². The molecular weight excluding hydrogens is 132 g/mol. The minimum Gasteiger partial charge on any atom is -0.381 e. The Hall–Kier alpha value is 0.310. The molecule has 0 heterocycles. The minimum atomic E-state index is 0.798. The molecule has 0 spiro atoms. The van der Waals surface area contributed by atoms with Gasteiger partial charge < -0.3 is 4.74 Å². The Morgan fingerprint density at radius 3 is 2.56 bits per heavy atom. The van der Waals surface area contributed by atoms with E-state index in [-0.39, 0.29) is 0 Å². The fourth-order valence-corrected chi connectivity index (χ4v) is 0.744. The van der Waals surface area contributed by atoms with Gasteiger partial charge in [0.1, 0.15) is 0 Å². The van der Waals surface area contributed by atoms with Gasteiger partial charge in [0.05, 0.1) is 0 Å². The van der Waals surface area contributed by atoms with E-state index in [0.29, 0.717) is 0 Å². The average Bonchev–Trinajstić information content (AvgIpc) is 1.89. The fraction of sp³-hybridized carbons (Fsp3) is 0.857. The van der Waals surface area contributed by atoms with Crippen LogP contribution in [0.5, 0.6) is 0 Å². The van der Waals surface area contributed by atoms with Crippen molar-refractivity contribution in [2.75, 3.05) is 19.0 Å². The zero-order chi connectivity index (χ0) is 6.95. The van der Waals surface area contributed by atoms with E-state index in [4.69, 9.17) is 4.74 Å². The molecule has 55 valence electrons. The van der Waals surface area contributed by atoms with Crippen LogP contribution in [0.4, 0.5) is 0 Å². The molecular formula is C7H15OS. The molecule has 1 nitrogen and oxygen atoms in total. The average molecular weight is 147 g/mol. The molecule has 0 fully saturated rings. The number of thiol groups is 1. The largest absolute Gasteiger partial charge is 0.381 e. The zero-order valence-electron chi connectivity index (χ0n) is 5.81. The SMILES string of the molecule is [CH2]CCOCCCCS. The topological polar surface area (TPSA) is 9.23 Å². The van der Waals surface area contributed by atoms with Crippen LogP contribution in [0.25, 0.3) is 0 Å². The summed E-state index contributed by atoms with van der Waals surface area (Å²) in [5, 5.41) is 0. The van der Waals surface area contributed by atoms with Crippen LogP contribution in [0.15, 0.2) is 0 Å². The van der Waals surface area contributed by atoms with E-state index in [1.54, 1.807) is 0 Å². The molecule has 0 aromatic carbocycles. The van der Waals surface area contributed by atoms with Crippen molar-refractivity contribution in [2.45, 2.75) is 19.3 Å². The number of ether oxygens (including phenoxy) is 1. The van der Waals surface area contributed by atoms with Gasteiger partial charge in [-0.3, -0.25) is 0 Å². The van der Waals surface area contributed by atoms with Crippen LogP contribution in [-0.2, 0) is 4.74 Å². The first-order valence-corrected chi connectivity index (χ1v) is 4.03. The van der Waals surface area contributed by atoms with Gasteiger partial charge in [-0.1, -0.05) is 6.92 Å². The molecule has 0 aromatic rings. The first-order chi connectivity index (χ1) is 4.41. The highest BCUT2D eigenvalue weighted by atomic mass is 32.1. The van der Waals surface area contributed by atoms with Crippen LogP contribution in [-0.4, -0.2) is 19.0 Å². The molecule has 0 aliphatic rings. The van der Waals surface area contributed by atoms with Crippen molar-refractivity contribution in [2.24, 2.45) is 0 Å². The van der Waals surface area contributed by atoms with Crippen LogP contribution >= 0.6 is 12.6 Å². The quantitative estimate of drug-likeness (QED) is 0.446. The molecule has 0 rings (SSSR count). The highest BCUT2D eigenvalue weighted by molar-refractivity contribution is 7.80. The summed E-state index contributed by atoms with van der Waals surface area (Å²) < 4.78 is 5.19. The summed E-state index contributed by atoms with van der Waals surface area (Å²) >= 11 is 4.08. The Labute approximate surface area is 63.2 Å². The number of hydrogen-bond acceptors (Lipinski definition) is 2. The van der Waals surface area contributed by atoms with Crippen LogP contribution in [0.3, 0.4) is 0 Å². The highest BCUT2D eigenvalue weighted by Gasteiger charge is 1.85. The maximum absolute atomic E-state index is 5.19. The molecule has 2 heteroatoms. The van der Waals surface area contributed by atoms with Crippen LogP contribution < -0.4 is 0 Å². The maximum Gasteiger partial charge on any atom is 0.0466 e. The number of hydrogen-bond donors (Lipinski definition) is 1. The lowest BCUT2D eigenvalue weighted by molar-refractivity contribution is 0.135. The third-order valence-corrected chi connectivity index (χ3v) is 1.30. The van der Waals surface area contributed by atoms with Crippen molar-refractivity contribution in [3.63, 3.8) is 0 Å². The second-order valence-corrected chi connectivity index (χ2v) is 2.34.